The summed E-state index contributed by atoms with van der Waals surface area (Å²) in [6.07, 6.45) is 1.02. The van der Waals surface area contributed by atoms with Gasteiger partial charge in [0.2, 0.25) is 5.91 Å². The van der Waals surface area contributed by atoms with E-state index in [9.17, 15) is 4.79 Å². The Morgan fingerprint density at radius 3 is 2.35 bits per heavy atom. The quantitative estimate of drug-likeness (QED) is 0.819. The van der Waals surface area contributed by atoms with Crippen molar-refractivity contribution in [1.29, 1.82) is 0 Å². The molecular formula is C21H23NO. The van der Waals surface area contributed by atoms with E-state index in [0.717, 1.165) is 12.1 Å². The smallest absolute Gasteiger partial charge is 0.221 e. The van der Waals surface area contributed by atoms with Crippen LogP contribution >= 0.6 is 0 Å². The summed E-state index contributed by atoms with van der Waals surface area (Å²) in [6, 6.07) is 16.7. The number of benzene rings is 2. The summed E-state index contributed by atoms with van der Waals surface area (Å²) in [4.78, 5) is 11.6. The molecule has 1 amide bonds. The van der Waals surface area contributed by atoms with Crippen LogP contribution in [0.1, 0.15) is 43.9 Å². The van der Waals surface area contributed by atoms with Crippen molar-refractivity contribution in [2.24, 2.45) is 5.41 Å². The van der Waals surface area contributed by atoms with Crippen molar-refractivity contribution in [3.05, 3.63) is 65.2 Å². The van der Waals surface area contributed by atoms with Gasteiger partial charge in [0.1, 0.15) is 0 Å². The molecule has 0 bridgehead atoms. The van der Waals surface area contributed by atoms with Crippen molar-refractivity contribution in [2.75, 3.05) is 5.32 Å². The molecule has 1 N–H and O–H groups in total. The molecule has 2 aromatic rings. The molecular weight excluding hydrogens is 282 g/mol. The van der Waals surface area contributed by atoms with Crippen LogP contribution < -0.4 is 5.32 Å². The fourth-order valence-electron chi connectivity index (χ4n) is 3.67. The van der Waals surface area contributed by atoms with Gasteiger partial charge in [-0.15, -0.1) is 0 Å². The molecule has 2 aromatic carbocycles. The van der Waals surface area contributed by atoms with E-state index in [1.54, 1.807) is 6.92 Å². The van der Waals surface area contributed by atoms with Crippen LogP contribution in [-0.4, -0.2) is 5.91 Å². The van der Waals surface area contributed by atoms with Crippen LogP contribution in [0, 0.1) is 12.3 Å². The predicted molar refractivity (Wildman–Crippen MR) is 97.1 cm³/mol. The number of carbonyl (C=O) groups is 1. The van der Waals surface area contributed by atoms with Crippen molar-refractivity contribution >= 4 is 22.7 Å². The zero-order valence-corrected chi connectivity index (χ0v) is 14.2. The highest BCUT2D eigenvalue weighted by Gasteiger charge is 2.39. The molecule has 0 unspecified atom stereocenters. The molecule has 0 aromatic heterocycles. The molecule has 1 aliphatic carbocycles. The second kappa shape index (κ2) is 5.69. The number of amides is 1. The first-order chi connectivity index (χ1) is 10.9. The first kappa shape index (κ1) is 15.5. The number of aryl methyl sites for hydroxylation is 1. The van der Waals surface area contributed by atoms with Crippen molar-refractivity contribution < 1.29 is 4.79 Å². The summed E-state index contributed by atoms with van der Waals surface area (Å²) in [6.45, 7) is 8.25. The molecule has 2 heteroatoms. The average molecular weight is 305 g/mol. The van der Waals surface area contributed by atoms with Crippen molar-refractivity contribution in [2.45, 2.75) is 34.1 Å². The molecule has 23 heavy (non-hydrogen) atoms. The minimum absolute atomic E-state index is 0.0303. The fourth-order valence-corrected chi connectivity index (χ4v) is 3.67. The molecule has 0 aliphatic heterocycles. The molecule has 0 saturated carbocycles. The Balaban J connectivity index is 2.20. The molecule has 3 rings (SSSR count). The van der Waals surface area contributed by atoms with Gasteiger partial charge >= 0.3 is 0 Å². The van der Waals surface area contributed by atoms with Crippen LogP contribution in [0.3, 0.4) is 0 Å². The number of rotatable bonds is 3. The number of carbonyl (C=O) groups excluding carboxylic acids is 1. The number of nitrogens with one attached hydrogen (secondary N) is 1. The van der Waals surface area contributed by atoms with Crippen molar-refractivity contribution in [3.63, 3.8) is 0 Å². The zero-order valence-electron chi connectivity index (χ0n) is 14.2. The molecule has 0 saturated heterocycles. The van der Waals surface area contributed by atoms with E-state index in [-0.39, 0.29) is 11.3 Å². The third-order valence-electron chi connectivity index (χ3n) is 4.55. The first-order valence-electron chi connectivity index (χ1n) is 8.07. The van der Waals surface area contributed by atoms with Gasteiger partial charge in [-0.1, -0.05) is 56.3 Å². The van der Waals surface area contributed by atoms with Crippen LogP contribution in [0.5, 0.6) is 0 Å². The van der Waals surface area contributed by atoms with Crippen LogP contribution in [0.4, 0.5) is 5.69 Å². The lowest BCUT2D eigenvalue weighted by atomic mass is 9.62. The van der Waals surface area contributed by atoms with E-state index in [0.29, 0.717) is 0 Å². The minimum Gasteiger partial charge on any atom is -0.326 e. The minimum atomic E-state index is -0.0303. The lowest BCUT2D eigenvalue weighted by Crippen LogP contribution is -2.26. The van der Waals surface area contributed by atoms with Crippen LogP contribution in [0.15, 0.2) is 48.5 Å². The third-order valence-corrected chi connectivity index (χ3v) is 4.55. The highest BCUT2D eigenvalue weighted by Crippen LogP contribution is 2.56. The van der Waals surface area contributed by atoms with Gasteiger partial charge in [-0.25, -0.2) is 0 Å². The first-order valence-corrected chi connectivity index (χ1v) is 8.07. The predicted octanol–water partition coefficient (Wildman–Crippen LogP) is 5.29. The molecule has 0 radical (unpaired) electrons. The Hall–Kier alpha value is -2.35. The Kier molecular flexibility index (Phi) is 3.85. The Morgan fingerprint density at radius 1 is 1.04 bits per heavy atom. The number of hydrogen-bond acceptors (Lipinski definition) is 1. The number of allylic oxidation sites excluding steroid dienone is 2. The SMILES string of the molecule is CC(=O)Nc1cccc(C)c1C1=C(c2ccccc2)C(C)(C)C1. The second-order valence-electron chi connectivity index (χ2n) is 6.96. The van der Waals surface area contributed by atoms with Gasteiger partial charge in [0.05, 0.1) is 0 Å². The maximum absolute atomic E-state index is 11.6. The molecule has 0 atom stereocenters. The van der Waals surface area contributed by atoms with Crippen molar-refractivity contribution in [1.82, 2.24) is 0 Å². The lowest BCUT2D eigenvalue weighted by molar-refractivity contribution is -0.114. The topological polar surface area (TPSA) is 29.1 Å². The van der Waals surface area contributed by atoms with Crippen LogP contribution in [0.2, 0.25) is 0 Å². The second-order valence-corrected chi connectivity index (χ2v) is 6.96. The van der Waals surface area contributed by atoms with Gasteiger partial charge in [-0.2, -0.15) is 0 Å². The highest BCUT2D eigenvalue weighted by molar-refractivity contribution is 6.05. The largest absolute Gasteiger partial charge is 0.326 e. The summed E-state index contributed by atoms with van der Waals surface area (Å²) in [5, 5.41) is 2.99. The number of anilines is 1. The van der Waals surface area contributed by atoms with Gasteiger partial charge in [0, 0.05) is 18.2 Å². The fraction of sp³-hybridized carbons (Fsp3) is 0.286. The van der Waals surface area contributed by atoms with Gasteiger partial charge in [0.25, 0.3) is 0 Å². The van der Waals surface area contributed by atoms with E-state index in [2.05, 4.69) is 56.4 Å². The molecule has 2 nitrogen and oxygen atoms in total. The standard InChI is InChI=1S/C21H23NO/c1-14-9-8-12-18(22-15(2)23)19(14)17-13-21(3,4)20(17)16-10-6-5-7-11-16/h5-12H,13H2,1-4H3,(H,22,23). The lowest BCUT2D eigenvalue weighted by Gasteiger charge is -2.42. The van der Waals surface area contributed by atoms with E-state index in [1.165, 1.54) is 27.8 Å². The Labute approximate surface area is 138 Å². The maximum Gasteiger partial charge on any atom is 0.221 e. The number of hydrogen-bond donors (Lipinski definition) is 1. The third kappa shape index (κ3) is 2.81. The van der Waals surface area contributed by atoms with Crippen LogP contribution in [-0.2, 0) is 4.79 Å². The van der Waals surface area contributed by atoms with Crippen LogP contribution in [0.25, 0.3) is 11.1 Å². The summed E-state index contributed by atoms with van der Waals surface area (Å²) in [5.74, 6) is -0.0303. The zero-order chi connectivity index (χ0) is 16.6. The van der Waals surface area contributed by atoms with E-state index < -0.39 is 0 Å². The van der Waals surface area contributed by atoms with Gasteiger partial charge < -0.3 is 5.32 Å². The van der Waals surface area contributed by atoms with Gasteiger partial charge in [-0.05, 0) is 47.1 Å². The summed E-state index contributed by atoms with van der Waals surface area (Å²) >= 11 is 0. The molecule has 0 heterocycles. The molecule has 0 fully saturated rings. The normalized spacial score (nSPS) is 16.0. The summed E-state index contributed by atoms with van der Waals surface area (Å²) in [7, 11) is 0. The highest BCUT2D eigenvalue weighted by atomic mass is 16.1. The average Bonchev–Trinajstić information content (AvgIpc) is 2.46. The van der Waals surface area contributed by atoms with E-state index in [1.807, 2.05) is 18.2 Å². The Morgan fingerprint density at radius 2 is 1.74 bits per heavy atom. The molecule has 118 valence electrons. The van der Waals surface area contributed by atoms with Crippen molar-refractivity contribution in [3.8, 4) is 0 Å². The van der Waals surface area contributed by atoms with Gasteiger partial charge in [0.15, 0.2) is 0 Å². The maximum atomic E-state index is 11.6. The Bertz CT molecular complexity index is 785. The van der Waals surface area contributed by atoms with E-state index >= 15 is 0 Å². The monoisotopic (exact) mass is 305 g/mol. The van der Waals surface area contributed by atoms with E-state index in [4.69, 9.17) is 0 Å². The molecule has 0 spiro atoms. The summed E-state index contributed by atoms with van der Waals surface area (Å²) < 4.78 is 0. The molecule has 1 aliphatic rings. The summed E-state index contributed by atoms with van der Waals surface area (Å²) in [5.41, 5.74) is 7.47. The van der Waals surface area contributed by atoms with Gasteiger partial charge in [-0.3, -0.25) is 4.79 Å².